The summed E-state index contributed by atoms with van der Waals surface area (Å²) in [6.07, 6.45) is 5.63. The van der Waals surface area contributed by atoms with E-state index in [9.17, 15) is 0 Å². The summed E-state index contributed by atoms with van der Waals surface area (Å²) in [7, 11) is 3.21. The topological polar surface area (TPSA) is 36.9 Å². The predicted molar refractivity (Wildman–Crippen MR) is 118 cm³/mol. The van der Waals surface area contributed by atoms with Crippen LogP contribution >= 0.6 is 0 Å². The highest BCUT2D eigenvalue weighted by Crippen LogP contribution is 2.32. The van der Waals surface area contributed by atoms with Crippen molar-refractivity contribution in [2.45, 2.75) is 0 Å². The first-order valence-electron chi connectivity index (χ1n) is 9.45. The number of benzene rings is 3. The van der Waals surface area contributed by atoms with Crippen LogP contribution in [0.4, 0.5) is 0 Å². The summed E-state index contributed by atoms with van der Waals surface area (Å²) in [6, 6.07) is 16.7. The van der Waals surface area contributed by atoms with Gasteiger partial charge in [0.25, 0.3) is 0 Å². The maximum absolute atomic E-state index is 5.63. The van der Waals surface area contributed by atoms with E-state index in [2.05, 4.69) is 29.6 Å². The predicted octanol–water partition coefficient (Wildman–Crippen LogP) is 4.21. The second-order valence-corrected chi connectivity index (χ2v) is 6.61. The van der Waals surface area contributed by atoms with Gasteiger partial charge in [-0.3, -0.25) is 0 Å². The average Bonchev–Trinajstić information content (AvgIpc) is 3.29. The molecule has 0 radical (unpaired) electrons. The van der Waals surface area contributed by atoms with Gasteiger partial charge in [-0.05, 0) is 48.5 Å². The minimum absolute atomic E-state index is 0.234. The molecule has 0 aromatic heterocycles. The normalized spacial score (nSPS) is 10.7. The zero-order valence-electron chi connectivity index (χ0n) is 17.1. The van der Waals surface area contributed by atoms with E-state index in [1.807, 2.05) is 48.5 Å². The third kappa shape index (κ3) is 4.76. The number of hydrogen-bond donors (Lipinski definition) is 0. The van der Waals surface area contributed by atoms with Crippen LogP contribution in [-0.2, 0) is 0 Å². The fraction of sp³-hybridized carbons (Fsp3) is 0.111. The van der Waals surface area contributed by atoms with Crippen molar-refractivity contribution in [2.24, 2.45) is 0 Å². The van der Waals surface area contributed by atoms with Crippen LogP contribution in [0, 0.1) is 36.0 Å². The summed E-state index contributed by atoms with van der Waals surface area (Å²) < 4.78 is 21.3. The first-order valence-corrected chi connectivity index (χ1v) is 9.45. The standard InChI is InChI=1S/C27H18O4/c1-4-19-11-21(6-5-20-9-10-26-27(16-20)31-18-30-26)13-22(12-19)7-8-23-14-24(28-2)17-25(15-23)29-3/h1,9-17H,18H2,2-3H3. The van der Waals surface area contributed by atoms with Gasteiger partial charge >= 0.3 is 0 Å². The molecule has 0 spiro atoms. The SMILES string of the molecule is C#Cc1cc(C#Cc2cc(OC)cc(OC)c2)cc(C#Cc2ccc3c(c2)OCO3)c1. The molecule has 0 atom stereocenters. The van der Waals surface area contributed by atoms with Gasteiger partial charge in [-0.1, -0.05) is 29.6 Å². The van der Waals surface area contributed by atoms with Crippen LogP contribution in [0.3, 0.4) is 0 Å². The molecular weight excluding hydrogens is 388 g/mol. The number of rotatable bonds is 2. The highest BCUT2D eigenvalue weighted by atomic mass is 16.7. The Kier molecular flexibility index (Phi) is 5.70. The Hall–Kier alpha value is -4.46. The minimum atomic E-state index is 0.234. The van der Waals surface area contributed by atoms with E-state index in [1.165, 1.54) is 0 Å². The molecule has 0 N–H and O–H groups in total. The molecule has 0 amide bonds. The van der Waals surface area contributed by atoms with Crippen LogP contribution in [0.1, 0.15) is 27.8 Å². The molecule has 0 saturated heterocycles. The lowest BCUT2D eigenvalue weighted by molar-refractivity contribution is 0.174. The molecule has 0 fully saturated rings. The monoisotopic (exact) mass is 406 g/mol. The van der Waals surface area contributed by atoms with Crippen LogP contribution < -0.4 is 18.9 Å². The summed E-state index contributed by atoms with van der Waals surface area (Å²) >= 11 is 0. The van der Waals surface area contributed by atoms with Crippen molar-refractivity contribution >= 4 is 0 Å². The molecular formula is C27H18O4. The van der Waals surface area contributed by atoms with Gasteiger partial charge in [0.05, 0.1) is 14.2 Å². The van der Waals surface area contributed by atoms with Crippen LogP contribution in [0.5, 0.6) is 23.0 Å². The Bertz CT molecular complexity index is 1280. The van der Waals surface area contributed by atoms with Crippen molar-refractivity contribution in [2.75, 3.05) is 21.0 Å². The molecule has 1 heterocycles. The maximum atomic E-state index is 5.63. The average molecular weight is 406 g/mol. The number of methoxy groups -OCH3 is 2. The molecule has 1 aliphatic heterocycles. The Morgan fingerprint density at radius 1 is 0.645 bits per heavy atom. The summed E-state index contributed by atoms with van der Waals surface area (Å²) in [5, 5.41) is 0. The first kappa shape index (κ1) is 19.8. The van der Waals surface area contributed by atoms with Gasteiger partial charge in [0.15, 0.2) is 11.5 Å². The number of hydrogen-bond acceptors (Lipinski definition) is 4. The lowest BCUT2D eigenvalue weighted by Gasteiger charge is -2.04. The zero-order chi connectivity index (χ0) is 21.6. The van der Waals surface area contributed by atoms with Crippen molar-refractivity contribution in [1.82, 2.24) is 0 Å². The summed E-state index contributed by atoms with van der Waals surface area (Å²) in [5.41, 5.74) is 3.86. The second kappa shape index (κ2) is 8.91. The zero-order valence-corrected chi connectivity index (χ0v) is 17.1. The number of terminal acetylenes is 1. The van der Waals surface area contributed by atoms with Gasteiger partial charge in [-0.25, -0.2) is 0 Å². The Labute approximate surface area is 181 Å². The number of fused-ring (bicyclic) bond motifs is 1. The summed E-state index contributed by atoms with van der Waals surface area (Å²) in [6.45, 7) is 0.234. The summed E-state index contributed by atoms with van der Waals surface area (Å²) in [4.78, 5) is 0. The van der Waals surface area contributed by atoms with Gasteiger partial charge in [0, 0.05) is 33.9 Å². The third-order valence-corrected chi connectivity index (χ3v) is 4.53. The van der Waals surface area contributed by atoms with E-state index in [-0.39, 0.29) is 6.79 Å². The maximum Gasteiger partial charge on any atom is 0.231 e. The first-order chi connectivity index (χ1) is 15.2. The Balaban J connectivity index is 1.64. The molecule has 0 saturated carbocycles. The molecule has 31 heavy (non-hydrogen) atoms. The Morgan fingerprint density at radius 3 is 1.81 bits per heavy atom. The smallest absolute Gasteiger partial charge is 0.231 e. The quantitative estimate of drug-likeness (QED) is 0.598. The van der Waals surface area contributed by atoms with Gasteiger partial charge < -0.3 is 18.9 Å². The molecule has 150 valence electrons. The van der Waals surface area contributed by atoms with Crippen molar-refractivity contribution in [3.05, 3.63) is 82.4 Å². The van der Waals surface area contributed by atoms with Gasteiger partial charge in [0.1, 0.15) is 11.5 Å². The molecule has 0 aliphatic carbocycles. The molecule has 4 nitrogen and oxygen atoms in total. The van der Waals surface area contributed by atoms with E-state index >= 15 is 0 Å². The number of ether oxygens (including phenoxy) is 4. The molecule has 4 rings (SSSR count). The largest absolute Gasteiger partial charge is 0.497 e. The van der Waals surface area contributed by atoms with Crippen molar-refractivity contribution in [3.63, 3.8) is 0 Å². The van der Waals surface area contributed by atoms with E-state index in [0.717, 1.165) is 28.0 Å². The van der Waals surface area contributed by atoms with Crippen LogP contribution in [-0.4, -0.2) is 21.0 Å². The van der Waals surface area contributed by atoms with E-state index in [1.54, 1.807) is 20.3 Å². The lowest BCUT2D eigenvalue weighted by Crippen LogP contribution is -1.92. The summed E-state index contributed by atoms with van der Waals surface area (Å²) in [5.74, 6) is 18.0. The fourth-order valence-electron chi connectivity index (χ4n) is 3.00. The Morgan fingerprint density at radius 2 is 1.19 bits per heavy atom. The highest BCUT2D eigenvalue weighted by Gasteiger charge is 2.12. The molecule has 3 aromatic rings. The van der Waals surface area contributed by atoms with Crippen molar-refractivity contribution in [1.29, 1.82) is 0 Å². The minimum Gasteiger partial charge on any atom is -0.497 e. The van der Waals surface area contributed by atoms with Crippen LogP contribution in [0.15, 0.2) is 54.6 Å². The van der Waals surface area contributed by atoms with Crippen LogP contribution in [0.2, 0.25) is 0 Å². The fourth-order valence-corrected chi connectivity index (χ4v) is 3.00. The molecule has 4 heteroatoms. The third-order valence-electron chi connectivity index (χ3n) is 4.53. The molecule has 1 aliphatic rings. The highest BCUT2D eigenvalue weighted by molar-refractivity contribution is 5.56. The van der Waals surface area contributed by atoms with Crippen molar-refractivity contribution < 1.29 is 18.9 Å². The molecule has 0 unspecified atom stereocenters. The van der Waals surface area contributed by atoms with E-state index < -0.39 is 0 Å². The van der Waals surface area contributed by atoms with Crippen molar-refractivity contribution in [3.8, 4) is 59.0 Å². The van der Waals surface area contributed by atoms with Gasteiger partial charge in [0.2, 0.25) is 6.79 Å². The second-order valence-electron chi connectivity index (χ2n) is 6.61. The van der Waals surface area contributed by atoms with Crippen LogP contribution in [0.25, 0.3) is 0 Å². The van der Waals surface area contributed by atoms with Gasteiger partial charge in [-0.2, -0.15) is 0 Å². The van der Waals surface area contributed by atoms with E-state index in [4.69, 9.17) is 25.4 Å². The lowest BCUT2D eigenvalue weighted by atomic mass is 10.1. The molecule has 0 bridgehead atoms. The van der Waals surface area contributed by atoms with Gasteiger partial charge in [-0.15, -0.1) is 6.42 Å². The van der Waals surface area contributed by atoms with E-state index in [0.29, 0.717) is 22.8 Å². The molecule has 3 aromatic carbocycles.